The third kappa shape index (κ3) is 3.06. The lowest BCUT2D eigenvalue weighted by molar-refractivity contribution is -0.384. The van der Waals surface area contributed by atoms with Gasteiger partial charge in [-0.3, -0.25) is 15.0 Å². The van der Waals surface area contributed by atoms with Gasteiger partial charge in [0.05, 0.1) is 16.4 Å². The van der Waals surface area contributed by atoms with E-state index in [-0.39, 0.29) is 17.0 Å². The standard InChI is InChI=1S/C20H18N2O5/c23-19-15-8-1-2-9-16(15)27-20(24)17(19)18(21-10-3-4-11-21)13-6-5-7-14(12-13)22(25)26/h1-2,5-9,12,18,23H,3-4,10-11H2. The molecule has 3 aromatic rings. The first-order chi connectivity index (χ1) is 13.1. The maximum atomic E-state index is 12.8. The molecule has 1 saturated heterocycles. The van der Waals surface area contributed by atoms with Crippen molar-refractivity contribution in [3.8, 4) is 5.75 Å². The summed E-state index contributed by atoms with van der Waals surface area (Å²) < 4.78 is 5.44. The monoisotopic (exact) mass is 366 g/mol. The molecule has 1 unspecified atom stereocenters. The molecular formula is C20H18N2O5. The maximum absolute atomic E-state index is 12.8. The van der Waals surface area contributed by atoms with Crippen molar-refractivity contribution < 1.29 is 14.4 Å². The van der Waals surface area contributed by atoms with Gasteiger partial charge in [-0.2, -0.15) is 0 Å². The average Bonchev–Trinajstić information content (AvgIpc) is 3.19. The van der Waals surface area contributed by atoms with Crippen LogP contribution in [0.5, 0.6) is 5.75 Å². The first-order valence-electron chi connectivity index (χ1n) is 8.79. The van der Waals surface area contributed by atoms with Crippen molar-refractivity contribution in [2.75, 3.05) is 13.1 Å². The Balaban J connectivity index is 1.95. The van der Waals surface area contributed by atoms with Crippen LogP contribution in [0.2, 0.25) is 0 Å². The maximum Gasteiger partial charge on any atom is 0.345 e. The van der Waals surface area contributed by atoms with Crippen LogP contribution in [0.15, 0.2) is 57.7 Å². The van der Waals surface area contributed by atoms with Gasteiger partial charge in [0.1, 0.15) is 16.9 Å². The van der Waals surface area contributed by atoms with Crippen LogP contribution in [-0.4, -0.2) is 28.0 Å². The molecule has 138 valence electrons. The number of rotatable bonds is 4. The van der Waals surface area contributed by atoms with Crippen molar-refractivity contribution >= 4 is 16.7 Å². The van der Waals surface area contributed by atoms with E-state index in [1.165, 1.54) is 12.1 Å². The number of fused-ring (bicyclic) bond motifs is 1. The fraction of sp³-hybridized carbons (Fsp3) is 0.250. The molecule has 7 nitrogen and oxygen atoms in total. The van der Waals surface area contributed by atoms with Crippen LogP contribution in [0.4, 0.5) is 5.69 Å². The molecule has 0 radical (unpaired) electrons. The van der Waals surface area contributed by atoms with E-state index in [1.54, 1.807) is 36.4 Å². The lowest BCUT2D eigenvalue weighted by Crippen LogP contribution is -2.30. The fourth-order valence-electron chi connectivity index (χ4n) is 3.76. The molecule has 0 bridgehead atoms. The van der Waals surface area contributed by atoms with E-state index in [0.29, 0.717) is 16.5 Å². The van der Waals surface area contributed by atoms with Gasteiger partial charge in [0.2, 0.25) is 0 Å². The molecule has 0 amide bonds. The van der Waals surface area contributed by atoms with Gasteiger partial charge in [0, 0.05) is 12.1 Å². The summed E-state index contributed by atoms with van der Waals surface area (Å²) in [7, 11) is 0. The molecule has 0 aliphatic carbocycles. The Hall–Kier alpha value is -3.19. The zero-order valence-electron chi connectivity index (χ0n) is 14.5. The van der Waals surface area contributed by atoms with Gasteiger partial charge in [-0.05, 0) is 43.6 Å². The van der Waals surface area contributed by atoms with Gasteiger partial charge < -0.3 is 9.52 Å². The minimum absolute atomic E-state index is 0.0543. The van der Waals surface area contributed by atoms with Crippen molar-refractivity contribution in [1.82, 2.24) is 4.90 Å². The number of aromatic hydroxyl groups is 1. The van der Waals surface area contributed by atoms with E-state index in [9.17, 15) is 20.0 Å². The second-order valence-corrected chi connectivity index (χ2v) is 6.65. The molecule has 2 heterocycles. The van der Waals surface area contributed by atoms with Crippen molar-refractivity contribution in [3.05, 3.63) is 80.2 Å². The Morgan fingerprint density at radius 2 is 1.85 bits per heavy atom. The Morgan fingerprint density at radius 1 is 1.11 bits per heavy atom. The normalized spacial score (nSPS) is 15.9. The summed E-state index contributed by atoms with van der Waals surface area (Å²) in [4.78, 5) is 25.6. The molecule has 4 rings (SSSR count). The molecule has 0 spiro atoms. The van der Waals surface area contributed by atoms with Gasteiger partial charge >= 0.3 is 5.63 Å². The number of para-hydroxylation sites is 1. The van der Waals surface area contributed by atoms with E-state index in [4.69, 9.17) is 4.42 Å². The largest absolute Gasteiger partial charge is 0.507 e. The molecule has 1 N–H and O–H groups in total. The quantitative estimate of drug-likeness (QED) is 0.430. The Labute approximate surface area is 154 Å². The van der Waals surface area contributed by atoms with E-state index >= 15 is 0 Å². The van der Waals surface area contributed by atoms with Crippen LogP contribution >= 0.6 is 0 Å². The molecule has 1 aliphatic rings. The topological polar surface area (TPSA) is 96.8 Å². The highest BCUT2D eigenvalue weighted by Crippen LogP contribution is 2.38. The SMILES string of the molecule is O=c1oc2ccccc2c(O)c1C(c1cccc([N+](=O)[O-])c1)N1CCCC1. The van der Waals surface area contributed by atoms with Crippen molar-refractivity contribution in [2.45, 2.75) is 18.9 Å². The van der Waals surface area contributed by atoms with Gasteiger partial charge in [-0.15, -0.1) is 0 Å². The van der Waals surface area contributed by atoms with Crippen LogP contribution in [-0.2, 0) is 0 Å². The Kier molecular flexibility index (Phi) is 4.37. The van der Waals surface area contributed by atoms with E-state index in [2.05, 4.69) is 4.90 Å². The summed E-state index contributed by atoms with van der Waals surface area (Å²) in [6, 6.07) is 12.4. The molecule has 2 aromatic carbocycles. The predicted molar refractivity (Wildman–Crippen MR) is 99.9 cm³/mol. The summed E-state index contributed by atoms with van der Waals surface area (Å²) in [6.07, 6.45) is 1.93. The first kappa shape index (κ1) is 17.2. The van der Waals surface area contributed by atoms with E-state index in [0.717, 1.165) is 25.9 Å². The minimum Gasteiger partial charge on any atom is -0.507 e. The molecule has 1 fully saturated rings. The summed E-state index contributed by atoms with van der Waals surface area (Å²) in [5.41, 5.74) is 0.332. The summed E-state index contributed by atoms with van der Waals surface area (Å²) in [5.74, 6) is -0.134. The molecule has 1 aromatic heterocycles. The summed E-state index contributed by atoms with van der Waals surface area (Å²) in [6.45, 7) is 1.47. The number of nitro benzene ring substituents is 1. The number of hydrogen-bond donors (Lipinski definition) is 1. The third-order valence-electron chi connectivity index (χ3n) is 5.00. The first-order valence-corrected chi connectivity index (χ1v) is 8.79. The van der Waals surface area contributed by atoms with Crippen molar-refractivity contribution in [1.29, 1.82) is 0 Å². The Morgan fingerprint density at radius 3 is 2.59 bits per heavy atom. The fourth-order valence-corrected chi connectivity index (χ4v) is 3.76. The number of likely N-dealkylation sites (tertiary alicyclic amines) is 1. The average molecular weight is 366 g/mol. The summed E-state index contributed by atoms with van der Waals surface area (Å²) >= 11 is 0. The second kappa shape index (κ2) is 6.85. The predicted octanol–water partition coefficient (Wildman–Crippen LogP) is 3.59. The lowest BCUT2D eigenvalue weighted by Gasteiger charge is -2.28. The van der Waals surface area contributed by atoms with Crippen LogP contribution in [0, 0.1) is 10.1 Å². The van der Waals surface area contributed by atoms with Gasteiger partial charge in [-0.25, -0.2) is 4.79 Å². The smallest absolute Gasteiger partial charge is 0.345 e. The highest BCUT2D eigenvalue weighted by Gasteiger charge is 2.32. The van der Waals surface area contributed by atoms with Crippen LogP contribution < -0.4 is 5.63 Å². The summed E-state index contributed by atoms with van der Waals surface area (Å²) in [5, 5.41) is 22.5. The van der Waals surface area contributed by atoms with Gasteiger partial charge in [-0.1, -0.05) is 24.3 Å². The van der Waals surface area contributed by atoms with Crippen LogP contribution in [0.1, 0.15) is 30.0 Å². The zero-order valence-corrected chi connectivity index (χ0v) is 14.5. The second-order valence-electron chi connectivity index (χ2n) is 6.65. The molecular weight excluding hydrogens is 348 g/mol. The van der Waals surface area contributed by atoms with Gasteiger partial charge in [0.25, 0.3) is 5.69 Å². The number of hydrogen-bond acceptors (Lipinski definition) is 6. The molecule has 1 atom stereocenters. The van der Waals surface area contributed by atoms with Crippen LogP contribution in [0.3, 0.4) is 0 Å². The highest BCUT2D eigenvalue weighted by atomic mass is 16.6. The number of nitrogens with zero attached hydrogens (tertiary/aromatic N) is 2. The minimum atomic E-state index is -0.630. The molecule has 0 saturated carbocycles. The van der Waals surface area contributed by atoms with Crippen molar-refractivity contribution in [3.63, 3.8) is 0 Å². The third-order valence-corrected chi connectivity index (χ3v) is 5.00. The highest BCUT2D eigenvalue weighted by molar-refractivity contribution is 5.84. The molecule has 7 heteroatoms. The van der Waals surface area contributed by atoms with E-state index < -0.39 is 16.6 Å². The molecule has 27 heavy (non-hydrogen) atoms. The lowest BCUT2D eigenvalue weighted by atomic mass is 9.96. The Bertz CT molecular complexity index is 1070. The zero-order chi connectivity index (χ0) is 19.0. The van der Waals surface area contributed by atoms with E-state index in [1.807, 2.05) is 0 Å². The van der Waals surface area contributed by atoms with Gasteiger partial charge in [0.15, 0.2) is 0 Å². The number of non-ortho nitro benzene ring substituents is 1. The van der Waals surface area contributed by atoms with Crippen molar-refractivity contribution in [2.24, 2.45) is 0 Å². The number of nitro groups is 1. The number of benzene rings is 2. The van der Waals surface area contributed by atoms with Crippen LogP contribution in [0.25, 0.3) is 11.0 Å². The molecule has 1 aliphatic heterocycles.